The lowest BCUT2D eigenvalue weighted by Gasteiger charge is -2.15. The number of hydrogen-bond donors (Lipinski definition) is 2. The second-order valence-electron chi connectivity index (χ2n) is 5.05. The number of Topliss-reactive ketones (excluding diaryl/α,β-unsaturated/α-hetero) is 1. The normalized spacial score (nSPS) is 12.2. The summed E-state index contributed by atoms with van der Waals surface area (Å²) >= 11 is 0. The van der Waals surface area contributed by atoms with Crippen LogP contribution in [0.25, 0.3) is 0 Å². The van der Waals surface area contributed by atoms with E-state index >= 15 is 0 Å². The zero-order valence-corrected chi connectivity index (χ0v) is 12.0. The zero-order chi connectivity index (χ0) is 15.4. The first-order chi connectivity index (χ1) is 9.25. The molecule has 0 bridgehead atoms. The molecule has 2 N–H and O–H groups in total. The highest BCUT2D eigenvalue weighted by molar-refractivity contribution is 5.93. The van der Waals surface area contributed by atoms with Crippen LogP contribution in [0.4, 0.5) is 0 Å². The van der Waals surface area contributed by atoms with Gasteiger partial charge >= 0.3 is 5.69 Å². The van der Waals surface area contributed by atoms with Crippen molar-refractivity contribution in [2.75, 3.05) is 6.54 Å². The number of nitrogens with one attached hydrogen (secondary N) is 2. The van der Waals surface area contributed by atoms with E-state index in [0.29, 0.717) is 6.54 Å². The van der Waals surface area contributed by atoms with E-state index in [1.165, 1.54) is 13.8 Å². The van der Waals surface area contributed by atoms with Crippen molar-refractivity contribution in [2.45, 2.75) is 33.7 Å². The van der Waals surface area contributed by atoms with Crippen LogP contribution in [0.3, 0.4) is 0 Å². The third kappa shape index (κ3) is 3.43. The van der Waals surface area contributed by atoms with Crippen molar-refractivity contribution in [2.24, 2.45) is 5.92 Å². The lowest BCUT2D eigenvalue weighted by atomic mass is 10.2. The molecule has 0 spiro atoms. The quantitative estimate of drug-likeness (QED) is 0.746. The smallest absolute Gasteiger partial charge is 0.329 e. The van der Waals surface area contributed by atoms with E-state index in [-0.39, 0.29) is 11.5 Å². The van der Waals surface area contributed by atoms with Gasteiger partial charge in [0.2, 0.25) is 5.91 Å². The maximum absolute atomic E-state index is 12.1. The molecule has 1 rings (SSSR count). The van der Waals surface area contributed by atoms with E-state index in [1.54, 1.807) is 0 Å². The number of aromatic amines is 1. The largest absolute Gasteiger partial charge is 0.354 e. The maximum atomic E-state index is 12.1. The predicted molar refractivity (Wildman–Crippen MR) is 73.9 cm³/mol. The number of carbonyl (C=O) groups excluding carboxylic acids is 2. The second-order valence-corrected chi connectivity index (χ2v) is 5.05. The summed E-state index contributed by atoms with van der Waals surface area (Å²) < 4.78 is 0.756. The van der Waals surface area contributed by atoms with Gasteiger partial charge in [0.15, 0.2) is 5.78 Å². The summed E-state index contributed by atoms with van der Waals surface area (Å²) in [6.45, 7) is 6.97. The fourth-order valence-corrected chi connectivity index (χ4v) is 1.66. The molecule has 1 amide bonds. The number of rotatable bonds is 5. The number of amides is 1. The van der Waals surface area contributed by atoms with E-state index in [2.05, 4.69) is 10.3 Å². The van der Waals surface area contributed by atoms with Crippen LogP contribution in [0.1, 0.15) is 44.1 Å². The Morgan fingerprint density at radius 2 is 1.90 bits per heavy atom. The topological polar surface area (TPSA) is 101 Å². The molecule has 0 aliphatic carbocycles. The van der Waals surface area contributed by atoms with Gasteiger partial charge in [-0.3, -0.25) is 14.4 Å². The molecule has 0 aliphatic heterocycles. The molecule has 1 heterocycles. The number of carbonyl (C=O) groups is 2. The van der Waals surface area contributed by atoms with Crippen LogP contribution in [0.2, 0.25) is 0 Å². The molecular weight excluding hydrogens is 262 g/mol. The van der Waals surface area contributed by atoms with Crippen molar-refractivity contribution in [3.8, 4) is 0 Å². The van der Waals surface area contributed by atoms with Crippen LogP contribution in [-0.4, -0.2) is 27.8 Å². The van der Waals surface area contributed by atoms with Crippen molar-refractivity contribution in [1.82, 2.24) is 14.9 Å². The van der Waals surface area contributed by atoms with Gasteiger partial charge in [0, 0.05) is 12.7 Å². The molecule has 110 valence electrons. The van der Waals surface area contributed by atoms with Crippen LogP contribution in [0.5, 0.6) is 0 Å². The highest BCUT2D eigenvalue weighted by atomic mass is 16.2. The molecule has 7 heteroatoms. The van der Waals surface area contributed by atoms with Gasteiger partial charge in [0.05, 0.1) is 5.56 Å². The molecule has 1 aromatic heterocycles. The summed E-state index contributed by atoms with van der Waals surface area (Å²) in [7, 11) is 0. The Labute approximate surface area is 116 Å². The minimum Gasteiger partial charge on any atom is -0.354 e. The molecule has 1 aromatic rings. The highest BCUT2D eigenvalue weighted by Crippen LogP contribution is 2.00. The molecular formula is C13H19N3O4. The van der Waals surface area contributed by atoms with Gasteiger partial charge < -0.3 is 10.3 Å². The standard InChI is InChI=1S/C13H19N3O4/c1-7(2)5-14-11(18)8(3)16-12(19)10(9(4)17)6-15-13(16)20/h6-8H,5H2,1-4H3,(H,14,18)(H,15,20). The Morgan fingerprint density at radius 1 is 1.30 bits per heavy atom. The van der Waals surface area contributed by atoms with Gasteiger partial charge in [0.1, 0.15) is 6.04 Å². The minimum absolute atomic E-state index is 0.145. The lowest BCUT2D eigenvalue weighted by Crippen LogP contribution is -2.45. The lowest BCUT2D eigenvalue weighted by molar-refractivity contribution is -0.124. The van der Waals surface area contributed by atoms with Crippen LogP contribution in [-0.2, 0) is 4.79 Å². The first-order valence-electron chi connectivity index (χ1n) is 6.38. The van der Waals surface area contributed by atoms with Gasteiger partial charge in [-0.2, -0.15) is 0 Å². The molecule has 0 aromatic carbocycles. The Morgan fingerprint density at radius 3 is 2.40 bits per heavy atom. The number of H-pyrrole nitrogens is 1. The van der Waals surface area contributed by atoms with E-state index in [9.17, 15) is 19.2 Å². The zero-order valence-electron chi connectivity index (χ0n) is 12.0. The highest BCUT2D eigenvalue weighted by Gasteiger charge is 2.21. The Hall–Kier alpha value is -2.18. The second kappa shape index (κ2) is 6.31. The maximum Gasteiger partial charge on any atom is 0.329 e. The van der Waals surface area contributed by atoms with Gasteiger partial charge in [-0.1, -0.05) is 13.8 Å². The van der Waals surface area contributed by atoms with Crippen LogP contribution >= 0.6 is 0 Å². The summed E-state index contributed by atoms with van der Waals surface area (Å²) in [6, 6.07) is -0.982. The van der Waals surface area contributed by atoms with Crippen molar-refractivity contribution in [3.05, 3.63) is 32.6 Å². The third-order valence-electron chi connectivity index (χ3n) is 2.84. The van der Waals surface area contributed by atoms with Crippen LogP contribution < -0.4 is 16.6 Å². The van der Waals surface area contributed by atoms with E-state index in [1.807, 2.05) is 13.8 Å². The van der Waals surface area contributed by atoms with E-state index in [0.717, 1.165) is 10.8 Å². The Kier molecular flexibility index (Phi) is 5.01. The van der Waals surface area contributed by atoms with Gasteiger partial charge in [-0.25, -0.2) is 9.36 Å². The molecule has 0 fully saturated rings. The molecule has 1 atom stereocenters. The van der Waals surface area contributed by atoms with Gasteiger partial charge in [0.25, 0.3) is 5.56 Å². The fraction of sp³-hybridized carbons (Fsp3) is 0.538. The van der Waals surface area contributed by atoms with Crippen molar-refractivity contribution >= 4 is 11.7 Å². The Balaban J connectivity index is 3.16. The van der Waals surface area contributed by atoms with Gasteiger partial charge in [-0.05, 0) is 19.8 Å². The van der Waals surface area contributed by atoms with Gasteiger partial charge in [-0.15, -0.1) is 0 Å². The molecule has 0 radical (unpaired) electrons. The molecule has 20 heavy (non-hydrogen) atoms. The summed E-state index contributed by atoms with van der Waals surface area (Å²) in [4.78, 5) is 49.3. The molecule has 0 saturated carbocycles. The molecule has 7 nitrogen and oxygen atoms in total. The molecule has 0 saturated heterocycles. The monoisotopic (exact) mass is 281 g/mol. The third-order valence-corrected chi connectivity index (χ3v) is 2.84. The first kappa shape index (κ1) is 15.9. The van der Waals surface area contributed by atoms with Crippen molar-refractivity contribution in [3.63, 3.8) is 0 Å². The number of hydrogen-bond acceptors (Lipinski definition) is 4. The van der Waals surface area contributed by atoms with Crippen LogP contribution in [0.15, 0.2) is 15.8 Å². The SMILES string of the molecule is CC(=O)c1c[nH]c(=O)n(C(C)C(=O)NCC(C)C)c1=O. The average Bonchev–Trinajstić information content (AvgIpc) is 2.35. The predicted octanol–water partition coefficient (Wildman–Crippen LogP) is 0.0724. The number of aromatic nitrogens is 2. The van der Waals surface area contributed by atoms with E-state index in [4.69, 9.17) is 0 Å². The number of ketones is 1. The molecule has 0 aliphatic rings. The Bertz CT molecular complexity index is 627. The minimum atomic E-state index is -0.982. The van der Waals surface area contributed by atoms with Crippen molar-refractivity contribution in [1.29, 1.82) is 0 Å². The summed E-state index contributed by atoms with van der Waals surface area (Å²) in [5, 5.41) is 2.65. The van der Waals surface area contributed by atoms with Crippen LogP contribution in [0, 0.1) is 5.92 Å². The summed E-state index contributed by atoms with van der Waals surface area (Å²) in [6.07, 6.45) is 1.07. The van der Waals surface area contributed by atoms with Crippen molar-refractivity contribution < 1.29 is 9.59 Å². The fourth-order valence-electron chi connectivity index (χ4n) is 1.66. The molecule has 1 unspecified atom stereocenters. The first-order valence-corrected chi connectivity index (χ1v) is 6.38. The van der Waals surface area contributed by atoms with E-state index < -0.39 is 29.0 Å². The number of nitrogens with zero attached hydrogens (tertiary/aromatic N) is 1. The summed E-state index contributed by atoms with van der Waals surface area (Å²) in [5.74, 6) is -0.647. The average molecular weight is 281 g/mol. The summed E-state index contributed by atoms with van der Waals surface area (Å²) in [5.41, 5.74) is -1.62.